The molecule has 6 heteroatoms. The second kappa shape index (κ2) is 6.07. The number of aromatic nitrogens is 2. The van der Waals surface area contributed by atoms with Crippen LogP contribution in [0.2, 0.25) is 0 Å². The lowest BCUT2D eigenvalue weighted by Gasteiger charge is -2.30. The molecule has 0 spiro atoms. The first-order valence-electron chi connectivity index (χ1n) is 6.62. The van der Waals surface area contributed by atoms with Crippen molar-refractivity contribution in [1.29, 1.82) is 0 Å². The Morgan fingerprint density at radius 3 is 2.50 bits per heavy atom. The molecule has 0 saturated carbocycles. The average molecular weight is 281 g/mol. The summed E-state index contributed by atoms with van der Waals surface area (Å²) in [5.74, 6) is -0.481. The summed E-state index contributed by atoms with van der Waals surface area (Å²) in [5, 5.41) is 9.35. The van der Waals surface area contributed by atoms with Crippen LogP contribution in [0.25, 0.3) is 0 Å². The zero-order valence-corrected chi connectivity index (χ0v) is 12.8. The van der Waals surface area contributed by atoms with Crippen molar-refractivity contribution in [3.63, 3.8) is 0 Å². The molecule has 112 valence electrons. The Hall–Kier alpha value is -1.85. The Balaban J connectivity index is 2.75. The van der Waals surface area contributed by atoms with E-state index in [9.17, 15) is 14.7 Å². The van der Waals surface area contributed by atoms with Gasteiger partial charge in [-0.05, 0) is 12.8 Å². The van der Waals surface area contributed by atoms with Gasteiger partial charge in [0.15, 0.2) is 0 Å². The van der Waals surface area contributed by atoms with Crippen LogP contribution in [0, 0.1) is 11.3 Å². The molecule has 0 aromatic carbocycles. The van der Waals surface area contributed by atoms with Gasteiger partial charge < -0.3 is 14.6 Å². The van der Waals surface area contributed by atoms with Crippen molar-refractivity contribution in [3.05, 3.63) is 18.2 Å². The van der Waals surface area contributed by atoms with Gasteiger partial charge in [0.25, 0.3) is 0 Å². The summed E-state index contributed by atoms with van der Waals surface area (Å²) in [6.45, 7) is 5.63. The van der Waals surface area contributed by atoms with Gasteiger partial charge in [0, 0.05) is 32.9 Å². The Bertz CT molecular complexity index is 496. The highest BCUT2D eigenvalue weighted by atomic mass is 16.4. The summed E-state index contributed by atoms with van der Waals surface area (Å²) in [6.07, 6.45) is 3.47. The lowest BCUT2D eigenvalue weighted by molar-refractivity contribution is -0.155. The molecule has 1 heterocycles. The van der Waals surface area contributed by atoms with E-state index in [-0.39, 0.29) is 18.2 Å². The molecule has 1 atom stereocenters. The van der Waals surface area contributed by atoms with Crippen LogP contribution < -0.4 is 0 Å². The maximum absolute atomic E-state index is 12.2. The fraction of sp³-hybridized carbons (Fsp3) is 0.643. The van der Waals surface area contributed by atoms with E-state index in [2.05, 4.69) is 4.98 Å². The van der Waals surface area contributed by atoms with E-state index in [0.29, 0.717) is 6.54 Å². The van der Waals surface area contributed by atoms with Gasteiger partial charge in [-0.15, -0.1) is 0 Å². The van der Waals surface area contributed by atoms with E-state index >= 15 is 0 Å². The van der Waals surface area contributed by atoms with Crippen LogP contribution in [-0.2, 0) is 23.2 Å². The third-order valence-corrected chi connectivity index (χ3v) is 4.01. The van der Waals surface area contributed by atoms with Gasteiger partial charge in [-0.2, -0.15) is 0 Å². The maximum Gasteiger partial charge on any atom is 0.310 e. The van der Waals surface area contributed by atoms with Crippen molar-refractivity contribution in [3.8, 4) is 0 Å². The molecule has 0 aliphatic heterocycles. The van der Waals surface area contributed by atoms with E-state index in [1.165, 1.54) is 4.90 Å². The predicted molar refractivity (Wildman–Crippen MR) is 74.9 cm³/mol. The number of carboxylic acid groups (broad SMARTS) is 1. The van der Waals surface area contributed by atoms with Crippen molar-refractivity contribution in [2.75, 3.05) is 7.05 Å². The zero-order valence-electron chi connectivity index (χ0n) is 12.8. The minimum atomic E-state index is -1.05. The first kappa shape index (κ1) is 16.2. The van der Waals surface area contributed by atoms with E-state index in [0.717, 1.165) is 5.82 Å². The van der Waals surface area contributed by atoms with Crippen LogP contribution in [0.5, 0.6) is 0 Å². The lowest BCUT2D eigenvalue weighted by Crippen LogP contribution is -2.39. The molecular formula is C14H23N3O3. The highest BCUT2D eigenvalue weighted by Gasteiger charge is 2.39. The van der Waals surface area contributed by atoms with E-state index in [1.54, 1.807) is 20.2 Å². The normalized spacial score (nSPS) is 14.1. The summed E-state index contributed by atoms with van der Waals surface area (Å²) >= 11 is 0. The monoisotopic (exact) mass is 281 g/mol. The quantitative estimate of drug-likeness (QED) is 0.857. The van der Waals surface area contributed by atoms with Crippen LogP contribution >= 0.6 is 0 Å². The average Bonchev–Trinajstić information content (AvgIpc) is 2.74. The Morgan fingerprint density at radius 2 is 2.10 bits per heavy atom. The van der Waals surface area contributed by atoms with Crippen molar-refractivity contribution >= 4 is 11.9 Å². The number of aliphatic carboxylic acids is 1. The second-order valence-electron chi connectivity index (χ2n) is 5.76. The molecular weight excluding hydrogens is 258 g/mol. The molecule has 0 fully saturated rings. The van der Waals surface area contributed by atoms with Crippen molar-refractivity contribution in [2.24, 2.45) is 18.4 Å². The molecule has 0 bridgehead atoms. The SMILES string of the molecule is CC(C)C(C)(CC(=O)N(C)Cc1nccn1C)C(=O)O. The molecule has 1 amide bonds. The zero-order chi connectivity index (χ0) is 15.5. The molecule has 20 heavy (non-hydrogen) atoms. The summed E-state index contributed by atoms with van der Waals surface area (Å²) in [6, 6.07) is 0. The number of imidazole rings is 1. The fourth-order valence-electron chi connectivity index (χ4n) is 1.82. The summed E-state index contributed by atoms with van der Waals surface area (Å²) in [5.41, 5.74) is -1.05. The molecule has 1 unspecified atom stereocenters. The largest absolute Gasteiger partial charge is 0.481 e. The summed E-state index contributed by atoms with van der Waals surface area (Å²) < 4.78 is 1.84. The predicted octanol–water partition coefficient (Wildman–Crippen LogP) is 1.52. The molecule has 0 aliphatic rings. The van der Waals surface area contributed by atoms with Crippen molar-refractivity contribution in [2.45, 2.75) is 33.7 Å². The van der Waals surface area contributed by atoms with Crippen molar-refractivity contribution in [1.82, 2.24) is 14.5 Å². The first-order valence-corrected chi connectivity index (χ1v) is 6.62. The number of carboxylic acids is 1. The van der Waals surface area contributed by atoms with E-state index in [4.69, 9.17) is 0 Å². The van der Waals surface area contributed by atoms with Gasteiger partial charge in [0.05, 0.1) is 12.0 Å². The van der Waals surface area contributed by atoms with Gasteiger partial charge in [-0.1, -0.05) is 13.8 Å². The maximum atomic E-state index is 12.2. The number of rotatable bonds is 6. The smallest absolute Gasteiger partial charge is 0.310 e. The third-order valence-electron chi connectivity index (χ3n) is 4.01. The fourth-order valence-corrected chi connectivity index (χ4v) is 1.82. The van der Waals surface area contributed by atoms with Crippen LogP contribution in [0.4, 0.5) is 0 Å². The molecule has 6 nitrogen and oxygen atoms in total. The Kier molecular flexibility index (Phi) is 4.92. The Labute approximate surface area is 119 Å². The van der Waals surface area contributed by atoms with Gasteiger partial charge in [-0.3, -0.25) is 9.59 Å². The van der Waals surface area contributed by atoms with Gasteiger partial charge >= 0.3 is 5.97 Å². The number of nitrogens with zero attached hydrogens (tertiary/aromatic N) is 3. The molecule has 1 aromatic rings. The number of carbonyl (C=O) groups excluding carboxylic acids is 1. The highest BCUT2D eigenvalue weighted by molar-refractivity contribution is 5.84. The van der Waals surface area contributed by atoms with Crippen LogP contribution in [-0.4, -0.2) is 38.5 Å². The first-order chi connectivity index (χ1) is 9.18. The highest BCUT2D eigenvalue weighted by Crippen LogP contribution is 2.32. The van der Waals surface area contributed by atoms with Gasteiger partial charge in [-0.25, -0.2) is 4.98 Å². The standard InChI is InChI=1S/C14H23N3O3/c1-10(2)14(3,13(19)20)8-12(18)17(5)9-11-15-6-7-16(11)4/h6-7,10H,8-9H2,1-5H3,(H,19,20). The van der Waals surface area contributed by atoms with Gasteiger partial charge in [0.1, 0.15) is 5.82 Å². The molecule has 1 aromatic heterocycles. The van der Waals surface area contributed by atoms with Gasteiger partial charge in [0.2, 0.25) is 5.91 Å². The van der Waals surface area contributed by atoms with Crippen molar-refractivity contribution < 1.29 is 14.7 Å². The number of hydrogen-bond donors (Lipinski definition) is 1. The lowest BCUT2D eigenvalue weighted by atomic mass is 9.76. The summed E-state index contributed by atoms with van der Waals surface area (Å²) in [7, 11) is 3.52. The number of aryl methyl sites for hydroxylation is 1. The summed E-state index contributed by atoms with van der Waals surface area (Å²) in [4.78, 5) is 29.3. The topological polar surface area (TPSA) is 75.4 Å². The molecule has 1 N–H and O–H groups in total. The number of carbonyl (C=O) groups is 2. The van der Waals surface area contributed by atoms with E-state index < -0.39 is 11.4 Å². The minimum Gasteiger partial charge on any atom is -0.481 e. The van der Waals surface area contributed by atoms with Crippen LogP contribution in [0.1, 0.15) is 33.0 Å². The molecule has 0 radical (unpaired) electrons. The molecule has 1 rings (SSSR count). The second-order valence-corrected chi connectivity index (χ2v) is 5.76. The van der Waals surface area contributed by atoms with E-state index in [1.807, 2.05) is 31.7 Å². The number of amides is 1. The Morgan fingerprint density at radius 1 is 1.50 bits per heavy atom. The minimum absolute atomic E-state index is 0.0130. The van der Waals surface area contributed by atoms with Crippen LogP contribution in [0.3, 0.4) is 0 Å². The molecule has 0 saturated heterocycles. The molecule has 0 aliphatic carbocycles. The number of hydrogen-bond acceptors (Lipinski definition) is 3. The third kappa shape index (κ3) is 3.37. The van der Waals surface area contributed by atoms with Crippen LogP contribution in [0.15, 0.2) is 12.4 Å².